The van der Waals surface area contributed by atoms with Gasteiger partial charge in [0.25, 0.3) is 0 Å². The van der Waals surface area contributed by atoms with E-state index in [9.17, 15) is 0 Å². The lowest BCUT2D eigenvalue weighted by atomic mass is 10.0. The number of thiophene rings is 1. The molecule has 2 aromatic rings. The highest BCUT2D eigenvalue weighted by atomic mass is 32.1. The van der Waals surface area contributed by atoms with E-state index < -0.39 is 0 Å². The Morgan fingerprint density at radius 2 is 2.16 bits per heavy atom. The van der Waals surface area contributed by atoms with Crippen LogP contribution < -0.4 is 10.1 Å². The Balaban J connectivity index is 2.02. The first-order valence-electron chi connectivity index (χ1n) is 6.62. The molecule has 0 aliphatic carbocycles. The van der Waals surface area contributed by atoms with Crippen LogP contribution in [-0.4, -0.2) is 13.7 Å². The van der Waals surface area contributed by atoms with Gasteiger partial charge in [-0.25, -0.2) is 0 Å². The topological polar surface area (TPSA) is 21.3 Å². The third-order valence-corrected chi connectivity index (χ3v) is 4.03. The largest absolute Gasteiger partial charge is 0.493 e. The standard InChI is InChI=1S/C16H21NOS/c1-12-4-5-16(15(10-12)13(2)17-3)18-8-6-14-7-9-19-11-14/h4-5,7,9-11,13,17H,6,8H2,1-3H3. The molecule has 2 nitrogen and oxygen atoms in total. The molecule has 0 bridgehead atoms. The van der Waals surface area contributed by atoms with Crippen molar-refractivity contribution in [3.8, 4) is 5.75 Å². The lowest BCUT2D eigenvalue weighted by molar-refractivity contribution is 0.316. The Morgan fingerprint density at radius 1 is 1.32 bits per heavy atom. The minimum Gasteiger partial charge on any atom is -0.493 e. The third kappa shape index (κ3) is 3.82. The predicted octanol–water partition coefficient (Wildman–Crippen LogP) is 3.96. The fraction of sp³-hybridized carbons (Fsp3) is 0.375. The van der Waals surface area contributed by atoms with E-state index in [4.69, 9.17) is 4.74 Å². The lowest BCUT2D eigenvalue weighted by Crippen LogP contribution is -2.14. The van der Waals surface area contributed by atoms with Crippen LogP contribution in [0.5, 0.6) is 5.75 Å². The lowest BCUT2D eigenvalue weighted by Gasteiger charge is -2.17. The minimum atomic E-state index is 0.302. The Hall–Kier alpha value is -1.32. The van der Waals surface area contributed by atoms with Crippen LogP contribution in [-0.2, 0) is 6.42 Å². The van der Waals surface area contributed by atoms with Gasteiger partial charge in [0.15, 0.2) is 0 Å². The summed E-state index contributed by atoms with van der Waals surface area (Å²) in [5.74, 6) is 0.989. The van der Waals surface area contributed by atoms with E-state index >= 15 is 0 Å². The van der Waals surface area contributed by atoms with Gasteiger partial charge in [0, 0.05) is 18.0 Å². The monoisotopic (exact) mass is 275 g/mol. The van der Waals surface area contributed by atoms with Gasteiger partial charge < -0.3 is 10.1 Å². The van der Waals surface area contributed by atoms with Gasteiger partial charge in [-0.05, 0) is 49.4 Å². The fourth-order valence-corrected chi connectivity index (χ4v) is 2.71. The van der Waals surface area contributed by atoms with Crippen LogP contribution in [0.1, 0.15) is 29.7 Å². The molecule has 0 fully saturated rings. The van der Waals surface area contributed by atoms with Crippen molar-refractivity contribution in [2.75, 3.05) is 13.7 Å². The van der Waals surface area contributed by atoms with Crippen molar-refractivity contribution in [3.63, 3.8) is 0 Å². The van der Waals surface area contributed by atoms with Gasteiger partial charge in [-0.1, -0.05) is 17.7 Å². The highest BCUT2D eigenvalue weighted by molar-refractivity contribution is 7.07. The van der Waals surface area contributed by atoms with Crippen molar-refractivity contribution in [1.29, 1.82) is 0 Å². The number of ether oxygens (including phenoxy) is 1. The summed E-state index contributed by atoms with van der Waals surface area (Å²) in [5.41, 5.74) is 3.84. The number of benzene rings is 1. The zero-order valence-electron chi connectivity index (χ0n) is 11.8. The van der Waals surface area contributed by atoms with Crippen molar-refractivity contribution >= 4 is 11.3 Å². The third-order valence-electron chi connectivity index (χ3n) is 3.29. The average Bonchev–Trinajstić information content (AvgIpc) is 2.92. The van der Waals surface area contributed by atoms with E-state index in [1.807, 2.05) is 7.05 Å². The molecule has 0 spiro atoms. The Labute approximate surface area is 119 Å². The second-order valence-corrected chi connectivity index (χ2v) is 5.56. The van der Waals surface area contributed by atoms with Crippen LogP contribution in [0.3, 0.4) is 0 Å². The molecular weight excluding hydrogens is 254 g/mol. The maximum Gasteiger partial charge on any atom is 0.124 e. The van der Waals surface area contributed by atoms with Crippen LogP contribution >= 0.6 is 11.3 Å². The normalized spacial score (nSPS) is 12.4. The number of hydrogen-bond donors (Lipinski definition) is 1. The Morgan fingerprint density at radius 3 is 2.84 bits per heavy atom. The summed E-state index contributed by atoms with van der Waals surface area (Å²) in [6, 6.07) is 8.83. The van der Waals surface area contributed by atoms with E-state index in [0.29, 0.717) is 6.04 Å². The highest BCUT2D eigenvalue weighted by Gasteiger charge is 2.10. The molecule has 102 valence electrons. The van der Waals surface area contributed by atoms with Gasteiger partial charge in [0.2, 0.25) is 0 Å². The summed E-state index contributed by atoms with van der Waals surface area (Å²) < 4.78 is 5.95. The van der Waals surface area contributed by atoms with Crippen molar-refractivity contribution in [1.82, 2.24) is 5.32 Å². The van der Waals surface area contributed by atoms with Crippen LogP contribution in [0, 0.1) is 6.92 Å². The number of rotatable bonds is 6. The van der Waals surface area contributed by atoms with Crippen LogP contribution in [0.25, 0.3) is 0 Å². The Bertz CT molecular complexity index is 507. The maximum absolute atomic E-state index is 5.95. The molecule has 1 heterocycles. The van der Waals surface area contributed by atoms with E-state index in [-0.39, 0.29) is 0 Å². The van der Waals surface area contributed by atoms with Gasteiger partial charge in [0.05, 0.1) is 6.61 Å². The van der Waals surface area contributed by atoms with Crippen LogP contribution in [0.2, 0.25) is 0 Å². The average molecular weight is 275 g/mol. The van der Waals surface area contributed by atoms with Crippen molar-refractivity contribution < 1.29 is 4.74 Å². The molecule has 1 atom stereocenters. The zero-order valence-corrected chi connectivity index (χ0v) is 12.6. The Kier molecular flexibility index (Phi) is 5.00. The maximum atomic E-state index is 5.95. The second kappa shape index (κ2) is 6.73. The van der Waals surface area contributed by atoms with Crippen molar-refractivity contribution in [3.05, 3.63) is 51.7 Å². The zero-order chi connectivity index (χ0) is 13.7. The molecule has 0 aliphatic rings. The molecule has 19 heavy (non-hydrogen) atoms. The molecule has 0 radical (unpaired) electrons. The summed E-state index contributed by atoms with van der Waals surface area (Å²) in [6.07, 6.45) is 0.963. The van der Waals surface area contributed by atoms with E-state index in [1.165, 1.54) is 16.7 Å². The number of hydrogen-bond acceptors (Lipinski definition) is 3. The minimum absolute atomic E-state index is 0.302. The molecule has 1 N–H and O–H groups in total. The predicted molar refractivity (Wildman–Crippen MR) is 82.2 cm³/mol. The van der Waals surface area contributed by atoms with Gasteiger partial charge in [-0.15, -0.1) is 0 Å². The van der Waals surface area contributed by atoms with Gasteiger partial charge in [-0.2, -0.15) is 11.3 Å². The highest BCUT2D eigenvalue weighted by Crippen LogP contribution is 2.26. The molecular formula is C16H21NOS. The van der Waals surface area contributed by atoms with Crippen molar-refractivity contribution in [2.24, 2.45) is 0 Å². The summed E-state index contributed by atoms with van der Waals surface area (Å²) in [4.78, 5) is 0. The summed E-state index contributed by atoms with van der Waals surface area (Å²) in [7, 11) is 1.97. The van der Waals surface area contributed by atoms with E-state index in [0.717, 1.165) is 18.8 Å². The van der Waals surface area contributed by atoms with Gasteiger partial charge >= 0.3 is 0 Å². The first kappa shape index (κ1) is 14.1. The van der Waals surface area contributed by atoms with Crippen molar-refractivity contribution in [2.45, 2.75) is 26.3 Å². The molecule has 0 amide bonds. The van der Waals surface area contributed by atoms with Crippen LogP contribution in [0.15, 0.2) is 35.0 Å². The quantitative estimate of drug-likeness (QED) is 0.861. The number of aryl methyl sites for hydroxylation is 1. The van der Waals surface area contributed by atoms with E-state index in [2.05, 4.69) is 54.2 Å². The second-order valence-electron chi connectivity index (χ2n) is 4.78. The molecule has 1 aromatic heterocycles. The summed E-state index contributed by atoms with van der Waals surface area (Å²) in [6.45, 7) is 4.99. The van der Waals surface area contributed by atoms with Gasteiger partial charge in [-0.3, -0.25) is 0 Å². The molecule has 0 aliphatic heterocycles. The molecule has 1 unspecified atom stereocenters. The molecule has 0 saturated carbocycles. The van der Waals surface area contributed by atoms with E-state index in [1.54, 1.807) is 11.3 Å². The molecule has 3 heteroatoms. The first-order chi connectivity index (χ1) is 9.20. The summed E-state index contributed by atoms with van der Waals surface area (Å²) in [5, 5.41) is 7.56. The smallest absolute Gasteiger partial charge is 0.124 e. The molecule has 0 saturated heterocycles. The fourth-order valence-electron chi connectivity index (χ4n) is 2.01. The van der Waals surface area contributed by atoms with Crippen LogP contribution in [0.4, 0.5) is 0 Å². The SMILES string of the molecule is CNC(C)c1cc(C)ccc1OCCc1ccsc1. The first-order valence-corrected chi connectivity index (χ1v) is 7.56. The van der Waals surface area contributed by atoms with Gasteiger partial charge in [0.1, 0.15) is 5.75 Å². The number of nitrogens with one attached hydrogen (secondary N) is 1. The summed E-state index contributed by atoms with van der Waals surface area (Å²) >= 11 is 1.73. The molecule has 1 aromatic carbocycles. The molecule has 2 rings (SSSR count).